The highest BCUT2D eigenvalue weighted by Crippen LogP contribution is 2.29. The van der Waals surface area contributed by atoms with Gasteiger partial charge in [0, 0.05) is 12.6 Å². The number of nitro benzene ring substituents is 1. The van der Waals surface area contributed by atoms with Gasteiger partial charge in [-0.15, -0.1) is 0 Å². The first-order valence-corrected chi connectivity index (χ1v) is 5.41. The fourth-order valence-corrected chi connectivity index (χ4v) is 1.62. The van der Waals surface area contributed by atoms with Gasteiger partial charge in [0.2, 0.25) is 5.91 Å². The predicted octanol–water partition coefficient (Wildman–Crippen LogP) is 0.605. The lowest BCUT2D eigenvalue weighted by molar-refractivity contribution is -0.384. The van der Waals surface area contributed by atoms with Gasteiger partial charge in [-0.2, -0.15) is 0 Å². The van der Waals surface area contributed by atoms with Crippen molar-refractivity contribution in [3.05, 3.63) is 33.9 Å². The topological polar surface area (TPSA) is 127 Å². The molecule has 8 heteroatoms. The van der Waals surface area contributed by atoms with Crippen LogP contribution in [-0.2, 0) is 4.79 Å². The first-order valence-electron chi connectivity index (χ1n) is 5.41. The number of carbonyl (C=O) groups excluding carboxylic acids is 1. The largest absolute Gasteiger partial charge is 0.478 e. The zero-order valence-corrected chi connectivity index (χ0v) is 10.2. The molecule has 0 saturated carbocycles. The fourth-order valence-electron chi connectivity index (χ4n) is 1.62. The third-order valence-electron chi connectivity index (χ3n) is 2.49. The van der Waals surface area contributed by atoms with Crippen LogP contribution >= 0.6 is 0 Å². The number of nitrogens with zero attached hydrogens (tertiary/aromatic N) is 2. The number of hydrogen-bond donors (Lipinski definition) is 2. The molecule has 1 aromatic rings. The van der Waals surface area contributed by atoms with Crippen LogP contribution in [0.25, 0.3) is 0 Å². The molecule has 0 aromatic heterocycles. The van der Waals surface area contributed by atoms with Gasteiger partial charge in [0.05, 0.1) is 17.0 Å². The molecule has 0 saturated heterocycles. The second-order valence-electron chi connectivity index (χ2n) is 3.75. The second-order valence-corrected chi connectivity index (χ2v) is 3.75. The van der Waals surface area contributed by atoms with E-state index in [-0.39, 0.29) is 30.0 Å². The van der Waals surface area contributed by atoms with Crippen LogP contribution < -0.4 is 10.6 Å². The maximum atomic E-state index is 10.9. The van der Waals surface area contributed by atoms with Crippen LogP contribution in [0.1, 0.15) is 17.3 Å². The summed E-state index contributed by atoms with van der Waals surface area (Å²) in [4.78, 5) is 33.5. The van der Waals surface area contributed by atoms with Gasteiger partial charge in [-0.25, -0.2) is 4.79 Å². The minimum Gasteiger partial charge on any atom is -0.478 e. The van der Waals surface area contributed by atoms with Crippen molar-refractivity contribution in [1.29, 1.82) is 0 Å². The molecule has 1 rings (SSSR count). The lowest BCUT2D eigenvalue weighted by Gasteiger charge is -2.21. The molecular formula is C11H13N3O5. The summed E-state index contributed by atoms with van der Waals surface area (Å²) < 4.78 is 0. The number of carbonyl (C=O) groups is 2. The smallest absolute Gasteiger partial charge is 0.335 e. The van der Waals surface area contributed by atoms with Gasteiger partial charge in [-0.05, 0) is 19.1 Å². The third-order valence-corrected chi connectivity index (χ3v) is 2.49. The van der Waals surface area contributed by atoms with Gasteiger partial charge in [-0.1, -0.05) is 0 Å². The summed E-state index contributed by atoms with van der Waals surface area (Å²) in [7, 11) is 0. The molecule has 0 aliphatic rings. The van der Waals surface area contributed by atoms with Crippen molar-refractivity contribution >= 4 is 23.3 Å². The number of aromatic carboxylic acids is 1. The molecule has 0 radical (unpaired) electrons. The average Bonchev–Trinajstić information content (AvgIpc) is 2.34. The third kappa shape index (κ3) is 3.41. The molecule has 8 nitrogen and oxygen atoms in total. The average molecular weight is 267 g/mol. The first-order chi connectivity index (χ1) is 8.86. The Kier molecular flexibility index (Phi) is 4.41. The van der Waals surface area contributed by atoms with Crippen LogP contribution in [0, 0.1) is 10.1 Å². The molecule has 1 aromatic carbocycles. The molecular weight excluding hydrogens is 254 g/mol. The first kappa shape index (κ1) is 14.4. The number of primary amides is 1. The number of anilines is 1. The van der Waals surface area contributed by atoms with Gasteiger partial charge in [-0.3, -0.25) is 14.9 Å². The Labute approximate surface area is 108 Å². The highest BCUT2D eigenvalue weighted by Gasteiger charge is 2.21. The number of carboxylic acids is 1. The van der Waals surface area contributed by atoms with Gasteiger partial charge in [0.1, 0.15) is 5.69 Å². The minimum absolute atomic E-state index is 0.0613. The van der Waals surface area contributed by atoms with Crippen molar-refractivity contribution in [3.63, 3.8) is 0 Å². The van der Waals surface area contributed by atoms with E-state index in [2.05, 4.69) is 0 Å². The van der Waals surface area contributed by atoms with Crippen molar-refractivity contribution in [1.82, 2.24) is 0 Å². The van der Waals surface area contributed by atoms with Crippen molar-refractivity contribution in [2.75, 3.05) is 18.0 Å². The highest BCUT2D eigenvalue weighted by molar-refractivity contribution is 5.90. The second kappa shape index (κ2) is 5.80. The molecule has 0 fully saturated rings. The molecule has 3 N–H and O–H groups in total. The lowest BCUT2D eigenvalue weighted by Crippen LogP contribution is -2.34. The Morgan fingerprint density at radius 1 is 1.47 bits per heavy atom. The van der Waals surface area contributed by atoms with Crippen molar-refractivity contribution in [2.45, 2.75) is 6.92 Å². The molecule has 0 heterocycles. The Morgan fingerprint density at radius 3 is 2.53 bits per heavy atom. The van der Waals surface area contributed by atoms with E-state index in [1.807, 2.05) is 0 Å². The quantitative estimate of drug-likeness (QED) is 0.574. The van der Waals surface area contributed by atoms with E-state index in [0.717, 1.165) is 18.2 Å². The van der Waals surface area contributed by atoms with Crippen LogP contribution in [-0.4, -0.2) is 35.0 Å². The summed E-state index contributed by atoms with van der Waals surface area (Å²) in [6, 6.07) is 3.40. The number of likely N-dealkylation sites (N-methyl/N-ethyl adjacent to an activating group) is 1. The molecule has 19 heavy (non-hydrogen) atoms. The summed E-state index contributed by atoms with van der Waals surface area (Å²) in [5.41, 5.74) is 4.76. The van der Waals surface area contributed by atoms with Crippen LogP contribution in [0.3, 0.4) is 0 Å². The van der Waals surface area contributed by atoms with Gasteiger partial charge >= 0.3 is 5.97 Å². The summed E-state index contributed by atoms with van der Waals surface area (Å²) >= 11 is 0. The molecule has 0 aliphatic heterocycles. The Morgan fingerprint density at radius 2 is 2.11 bits per heavy atom. The molecule has 0 unspecified atom stereocenters. The van der Waals surface area contributed by atoms with Crippen molar-refractivity contribution < 1.29 is 19.6 Å². The zero-order valence-electron chi connectivity index (χ0n) is 10.2. The zero-order chi connectivity index (χ0) is 14.6. The maximum Gasteiger partial charge on any atom is 0.335 e. The predicted molar refractivity (Wildman–Crippen MR) is 67.1 cm³/mol. The SMILES string of the molecule is CCN(CC(N)=O)c1cc(C(=O)O)ccc1[N+](=O)[O-]. The molecule has 102 valence electrons. The summed E-state index contributed by atoms with van der Waals surface area (Å²) in [6.45, 7) is 1.74. The Bertz CT molecular complexity index is 529. The standard InChI is InChI=1S/C11H13N3O5/c1-2-13(6-10(12)15)9-5-7(11(16)17)3-4-8(9)14(18)19/h3-5H,2,6H2,1H3,(H2,12,15)(H,16,17). The molecule has 0 aliphatic carbocycles. The van der Waals surface area contributed by atoms with Crippen LogP contribution in [0.4, 0.5) is 11.4 Å². The van der Waals surface area contributed by atoms with Gasteiger partial charge in [0.25, 0.3) is 5.69 Å². The van der Waals surface area contributed by atoms with E-state index >= 15 is 0 Å². The number of hydrogen-bond acceptors (Lipinski definition) is 5. The van der Waals surface area contributed by atoms with E-state index < -0.39 is 16.8 Å². The maximum absolute atomic E-state index is 10.9. The van der Waals surface area contributed by atoms with Crippen LogP contribution in [0.2, 0.25) is 0 Å². The van der Waals surface area contributed by atoms with E-state index in [9.17, 15) is 19.7 Å². The normalized spacial score (nSPS) is 9.95. The van der Waals surface area contributed by atoms with Crippen LogP contribution in [0.15, 0.2) is 18.2 Å². The number of benzene rings is 1. The molecule has 0 spiro atoms. The fraction of sp³-hybridized carbons (Fsp3) is 0.273. The molecule has 0 bridgehead atoms. The number of nitrogens with two attached hydrogens (primary N) is 1. The summed E-state index contributed by atoms with van der Waals surface area (Å²) in [5.74, 6) is -1.86. The van der Waals surface area contributed by atoms with E-state index in [0.29, 0.717) is 0 Å². The number of carboxylic acid groups (broad SMARTS) is 1. The number of nitro groups is 1. The van der Waals surface area contributed by atoms with Crippen molar-refractivity contribution in [3.8, 4) is 0 Å². The van der Waals surface area contributed by atoms with E-state index in [1.165, 1.54) is 4.90 Å². The van der Waals surface area contributed by atoms with Crippen molar-refractivity contribution in [2.24, 2.45) is 5.73 Å². The lowest BCUT2D eigenvalue weighted by atomic mass is 10.1. The molecule has 0 atom stereocenters. The minimum atomic E-state index is -1.20. The Balaban J connectivity index is 3.33. The number of rotatable bonds is 6. The summed E-state index contributed by atoms with van der Waals surface area (Å²) in [6.07, 6.45) is 0. The highest BCUT2D eigenvalue weighted by atomic mass is 16.6. The summed E-state index contributed by atoms with van der Waals surface area (Å²) in [5, 5.41) is 19.8. The van der Waals surface area contributed by atoms with E-state index in [4.69, 9.17) is 10.8 Å². The number of amides is 1. The Hall–Kier alpha value is -2.64. The van der Waals surface area contributed by atoms with Crippen LogP contribution in [0.5, 0.6) is 0 Å². The van der Waals surface area contributed by atoms with Gasteiger partial charge < -0.3 is 15.7 Å². The molecule has 1 amide bonds. The monoisotopic (exact) mass is 267 g/mol. The van der Waals surface area contributed by atoms with Gasteiger partial charge in [0.15, 0.2) is 0 Å². The van der Waals surface area contributed by atoms with E-state index in [1.54, 1.807) is 6.92 Å².